The molecule has 5 rings (SSSR count). The standard InChI is InChI=1S/C26H25ClN4O2S/c27-20-7-5-17(6-8-20)14-29-25(33)23-16-34-26(30-23)18-9-11-31(12-10-18)24(32)13-19-15-28-22-4-2-1-3-21(19)22/h1-8,15-16,18,28H,9-14H2,(H,29,33). The Balaban J connectivity index is 1.13. The van der Waals surface area contributed by atoms with Crippen LogP contribution in [0.2, 0.25) is 5.02 Å². The van der Waals surface area contributed by atoms with Gasteiger partial charge in [0.1, 0.15) is 5.69 Å². The number of rotatable bonds is 6. The molecule has 0 aliphatic carbocycles. The number of hydrogen-bond donors (Lipinski definition) is 2. The number of nitrogens with one attached hydrogen (secondary N) is 2. The Hall–Kier alpha value is -3.16. The van der Waals surface area contributed by atoms with Gasteiger partial charge >= 0.3 is 0 Å². The van der Waals surface area contributed by atoms with Crippen LogP contribution in [0.4, 0.5) is 0 Å². The number of benzene rings is 2. The molecule has 3 heterocycles. The van der Waals surface area contributed by atoms with Crippen LogP contribution in [0.15, 0.2) is 60.1 Å². The van der Waals surface area contributed by atoms with Gasteiger partial charge in [-0.1, -0.05) is 41.9 Å². The van der Waals surface area contributed by atoms with E-state index in [0.717, 1.165) is 39.9 Å². The van der Waals surface area contributed by atoms with Crippen molar-refractivity contribution in [2.45, 2.75) is 31.7 Å². The molecule has 2 N–H and O–H groups in total. The van der Waals surface area contributed by atoms with Crippen LogP contribution < -0.4 is 5.32 Å². The van der Waals surface area contributed by atoms with Gasteiger partial charge in [-0.2, -0.15) is 0 Å². The zero-order valence-electron chi connectivity index (χ0n) is 18.6. The summed E-state index contributed by atoms with van der Waals surface area (Å²) in [5.74, 6) is 0.258. The zero-order valence-corrected chi connectivity index (χ0v) is 20.2. The van der Waals surface area contributed by atoms with Crippen LogP contribution in [-0.2, 0) is 17.8 Å². The molecule has 174 valence electrons. The maximum absolute atomic E-state index is 12.9. The highest BCUT2D eigenvalue weighted by molar-refractivity contribution is 7.09. The summed E-state index contributed by atoms with van der Waals surface area (Å²) in [5.41, 5.74) is 3.53. The Labute approximate surface area is 207 Å². The van der Waals surface area contributed by atoms with Gasteiger partial charge in [0.05, 0.1) is 11.4 Å². The van der Waals surface area contributed by atoms with E-state index in [1.165, 1.54) is 11.3 Å². The first-order chi connectivity index (χ1) is 16.6. The summed E-state index contributed by atoms with van der Waals surface area (Å²) >= 11 is 7.43. The molecular formula is C26H25ClN4O2S. The topological polar surface area (TPSA) is 78.1 Å². The van der Waals surface area contributed by atoms with Crippen LogP contribution in [0.3, 0.4) is 0 Å². The summed E-state index contributed by atoms with van der Waals surface area (Å²) in [6.45, 7) is 1.85. The molecule has 6 nitrogen and oxygen atoms in total. The second-order valence-corrected chi connectivity index (χ2v) is 9.90. The van der Waals surface area contributed by atoms with E-state index in [9.17, 15) is 9.59 Å². The fraction of sp³-hybridized carbons (Fsp3) is 0.269. The molecule has 1 fully saturated rings. The zero-order chi connectivity index (χ0) is 23.5. The number of para-hydroxylation sites is 1. The summed E-state index contributed by atoms with van der Waals surface area (Å²) < 4.78 is 0. The van der Waals surface area contributed by atoms with Crippen molar-refractivity contribution in [2.75, 3.05) is 13.1 Å². The van der Waals surface area contributed by atoms with E-state index in [1.807, 2.05) is 65.0 Å². The number of aromatic amines is 1. The van der Waals surface area contributed by atoms with E-state index in [-0.39, 0.29) is 17.7 Å². The van der Waals surface area contributed by atoms with Crippen molar-refractivity contribution in [1.82, 2.24) is 20.2 Å². The lowest BCUT2D eigenvalue weighted by molar-refractivity contribution is -0.131. The number of aromatic nitrogens is 2. The van der Waals surface area contributed by atoms with E-state index < -0.39 is 0 Å². The molecule has 1 aliphatic rings. The average Bonchev–Trinajstić information content (AvgIpc) is 3.52. The Morgan fingerprint density at radius 2 is 1.88 bits per heavy atom. The third kappa shape index (κ3) is 5.00. The Kier molecular flexibility index (Phi) is 6.65. The van der Waals surface area contributed by atoms with Gasteiger partial charge in [-0.3, -0.25) is 9.59 Å². The first kappa shape index (κ1) is 22.6. The first-order valence-electron chi connectivity index (χ1n) is 11.4. The molecule has 1 saturated heterocycles. The normalized spacial score (nSPS) is 14.4. The summed E-state index contributed by atoms with van der Waals surface area (Å²) in [6, 6.07) is 15.5. The SMILES string of the molecule is O=C(NCc1ccc(Cl)cc1)c1csc(C2CCN(C(=O)Cc3c[nH]c4ccccc34)CC2)n1. The summed E-state index contributed by atoms with van der Waals surface area (Å²) in [7, 11) is 0. The lowest BCUT2D eigenvalue weighted by atomic mass is 9.97. The molecule has 0 radical (unpaired) electrons. The van der Waals surface area contributed by atoms with E-state index in [2.05, 4.69) is 15.3 Å². The van der Waals surface area contributed by atoms with Crippen molar-refractivity contribution in [3.05, 3.63) is 87.0 Å². The van der Waals surface area contributed by atoms with Crippen molar-refractivity contribution in [3.8, 4) is 0 Å². The number of carbonyl (C=O) groups excluding carboxylic acids is 2. The van der Waals surface area contributed by atoms with Crippen molar-refractivity contribution in [2.24, 2.45) is 0 Å². The van der Waals surface area contributed by atoms with Gasteiger partial charge in [-0.15, -0.1) is 11.3 Å². The van der Waals surface area contributed by atoms with Crippen molar-refractivity contribution >= 4 is 45.7 Å². The van der Waals surface area contributed by atoms with Gasteiger partial charge in [0.25, 0.3) is 5.91 Å². The average molecular weight is 493 g/mol. The summed E-state index contributed by atoms with van der Waals surface area (Å²) in [4.78, 5) is 35.2. The van der Waals surface area contributed by atoms with Crippen molar-refractivity contribution < 1.29 is 9.59 Å². The van der Waals surface area contributed by atoms with Gasteiger partial charge in [0.2, 0.25) is 5.91 Å². The molecule has 1 aliphatic heterocycles. The molecule has 34 heavy (non-hydrogen) atoms. The maximum Gasteiger partial charge on any atom is 0.271 e. The number of H-pyrrole nitrogens is 1. The smallest absolute Gasteiger partial charge is 0.271 e. The molecule has 2 aromatic carbocycles. The lowest BCUT2D eigenvalue weighted by Gasteiger charge is -2.31. The third-order valence-corrected chi connectivity index (χ3v) is 7.59. The third-order valence-electron chi connectivity index (χ3n) is 6.33. The Morgan fingerprint density at radius 1 is 1.12 bits per heavy atom. The highest BCUT2D eigenvalue weighted by Crippen LogP contribution is 2.31. The van der Waals surface area contributed by atoms with Crippen LogP contribution in [0.5, 0.6) is 0 Å². The van der Waals surface area contributed by atoms with Gasteiger partial charge < -0.3 is 15.2 Å². The fourth-order valence-electron chi connectivity index (χ4n) is 4.38. The largest absolute Gasteiger partial charge is 0.361 e. The molecule has 0 saturated carbocycles. The van der Waals surface area contributed by atoms with Crippen molar-refractivity contribution in [1.29, 1.82) is 0 Å². The minimum Gasteiger partial charge on any atom is -0.361 e. The number of amides is 2. The van der Waals surface area contributed by atoms with Gasteiger partial charge in [-0.05, 0) is 42.2 Å². The first-order valence-corrected chi connectivity index (χ1v) is 12.6. The van der Waals surface area contributed by atoms with Gasteiger partial charge in [0, 0.05) is 53.1 Å². The molecule has 2 amide bonds. The Bertz CT molecular complexity index is 1310. The summed E-state index contributed by atoms with van der Waals surface area (Å²) in [6.07, 6.45) is 4.06. The van der Waals surface area contributed by atoms with E-state index >= 15 is 0 Å². The molecule has 0 bridgehead atoms. The van der Waals surface area contributed by atoms with Gasteiger partial charge in [-0.25, -0.2) is 4.98 Å². The van der Waals surface area contributed by atoms with Crippen LogP contribution in [0, 0.1) is 0 Å². The quantitative estimate of drug-likeness (QED) is 0.390. The number of hydrogen-bond acceptors (Lipinski definition) is 4. The minimum atomic E-state index is -0.177. The second kappa shape index (κ2) is 9.99. The van der Waals surface area contributed by atoms with Crippen LogP contribution >= 0.6 is 22.9 Å². The maximum atomic E-state index is 12.9. The summed E-state index contributed by atoms with van der Waals surface area (Å²) in [5, 5.41) is 7.48. The highest BCUT2D eigenvalue weighted by Gasteiger charge is 2.26. The number of carbonyl (C=O) groups is 2. The molecule has 4 aromatic rings. The number of fused-ring (bicyclic) bond motifs is 1. The minimum absolute atomic E-state index is 0.157. The lowest BCUT2D eigenvalue weighted by Crippen LogP contribution is -2.38. The molecule has 8 heteroatoms. The van der Waals surface area contributed by atoms with Crippen LogP contribution in [-0.4, -0.2) is 39.8 Å². The van der Waals surface area contributed by atoms with Crippen LogP contribution in [0.25, 0.3) is 10.9 Å². The number of nitrogens with zero attached hydrogens (tertiary/aromatic N) is 2. The van der Waals surface area contributed by atoms with Crippen LogP contribution in [0.1, 0.15) is 45.4 Å². The molecule has 0 spiro atoms. The Morgan fingerprint density at radius 3 is 2.68 bits per heavy atom. The predicted molar refractivity (Wildman–Crippen MR) is 135 cm³/mol. The number of likely N-dealkylation sites (tertiary alicyclic amines) is 1. The molecule has 2 aromatic heterocycles. The second-order valence-electron chi connectivity index (χ2n) is 8.57. The molecular weight excluding hydrogens is 468 g/mol. The van der Waals surface area contributed by atoms with E-state index in [0.29, 0.717) is 36.8 Å². The van der Waals surface area contributed by atoms with E-state index in [1.54, 1.807) is 0 Å². The molecule has 0 unspecified atom stereocenters. The fourth-order valence-corrected chi connectivity index (χ4v) is 5.48. The number of thiazole rings is 1. The number of piperidine rings is 1. The highest BCUT2D eigenvalue weighted by atomic mass is 35.5. The van der Waals surface area contributed by atoms with Gasteiger partial charge in [0.15, 0.2) is 0 Å². The monoisotopic (exact) mass is 492 g/mol. The van der Waals surface area contributed by atoms with E-state index in [4.69, 9.17) is 11.6 Å². The molecule has 0 atom stereocenters. The number of halogens is 1. The van der Waals surface area contributed by atoms with Crippen molar-refractivity contribution in [3.63, 3.8) is 0 Å². The predicted octanol–water partition coefficient (Wildman–Crippen LogP) is 5.16.